The monoisotopic (exact) mass is 1250 g/mol. The van der Waals surface area contributed by atoms with Crippen LogP contribution in [0.15, 0.2) is 171 Å². The number of Topliss-reactive ketones (excluding diaryl/α,β-unsaturated/α-hetero) is 1. The summed E-state index contributed by atoms with van der Waals surface area (Å²) in [5.41, 5.74) is 8.44. The zero-order chi connectivity index (χ0) is 61.1. The molecular formula is C71H70Cl2F2N12O3. The number of carbonyl (C=O) groups excluding carboxylic acids is 1. The van der Waals surface area contributed by atoms with E-state index in [0.29, 0.717) is 57.4 Å². The summed E-state index contributed by atoms with van der Waals surface area (Å²) in [7, 11) is 0. The quantitative estimate of drug-likeness (QED) is 0.0595. The summed E-state index contributed by atoms with van der Waals surface area (Å²) in [6.45, 7) is 10.8. The number of hydrogen-bond acceptors (Lipinski definition) is 13. The van der Waals surface area contributed by atoms with E-state index in [1.807, 2.05) is 36.4 Å². The van der Waals surface area contributed by atoms with Crippen molar-refractivity contribution in [3.63, 3.8) is 0 Å². The summed E-state index contributed by atoms with van der Waals surface area (Å²) in [5.74, 6) is 3.42. The molecule has 0 amide bonds. The van der Waals surface area contributed by atoms with Crippen molar-refractivity contribution >= 4 is 73.8 Å². The molecule has 2 unspecified atom stereocenters. The van der Waals surface area contributed by atoms with E-state index in [2.05, 4.69) is 120 Å². The van der Waals surface area contributed by atoms with Gasteiger partial charge >= 0.3 is 0 Å². The van der Waals surface area contributed by atoms with Gasteiger partial charge in [-0.15, -0.1) is 0 Å². The molecule has 2 saturated carbocycles. The van der Waals surface area contributed by atoms with Gasteiger partial charge < -0.3 is 39.0 Å². The van der Waals surface area contributed by atoms with E-state index in [1.165, 1.54) is 49.9 Å². The Balaban J connectivity index is 0.707. The molecule has 6 heterocycles. The van der Waals surface area contributed by atoms with Gasteiger partial charge in [0.1, 0.15) is 60.6 Å². The Kier molecular flexibility index (Phi) is 17.6. The van der Waals surface area contributed by atoms with Crippen LogP contribution in [0.5, 0.6) is 11.5 Å². The molecule has 2 atom stereocenters. The first-order chi connectivity index (χ1) is 44.0. The number of hydrogen-bond donors (Lipinski definition) is 2. The molecule has 2 aliphatic carbocycles. The smallest absolute Gasteiger partial charge is 0.170 e. The molecule has 10 aromatic rings. The Hall–Kier alpha value is -8.29. The van der Waals surface area contributed by atoms with Gasteiger partial charge in [0.25, 0.3) is 0 Å². The molecule has 90 heavy (non-hydrogen) atoms. The van der Waals surface area contributed by atoms with Crippen molar-refractivity contribution in [2.45, 2.75) is 64.1 Å². The van der Waals surface area contributed by atoms with Crippen molar-refractivity contribution in [3.05, 3.63) is 204 Å². The molecule has 0 bridgehead atoms. The van der Waals surface area contributed by atoms with Crippen LogP contribution in [0.1, 0.15) is 36.8 Å². The van der Waals surface area contributed by atoms with Crippen LogP contribution in [0.4, 0.5) is 31.8 Å². The molecule has 6 aromatic carbocycles. The Morgan fingerprint density at radius 3 is 1.37 bits per heavy atom. The second-order valence-electron chi connectivity index (χ2n) is 24.5. The van der Waals surface area contributed by atoms with Crippen molar-refractivity contribution in [1.29, 1.82) is 0 Å². The molecule has 2 aliphatic heterocycles. The number of ether oxygens (including phenoxy) is 2. The summed E-state index contributed by atoms with van der Waals surface area (Å²) in [4.78, 5) is 44.8. The van der Waals surface area contributed by atoms with Gasteiger partial charge in [-0.05, 0) is 168 Å². The van der Waals surface area contributed by atoms with E-state index in [4.69, 9.17) is 32.7 Å². The standard InChI is InChI=1S/C71H70Cl2F2N12O3/c72-61-35-57(13-17-67(61)89-43-49-3-1-5-55(74)31-49)80-70-59-33-51(11-15-63(59)76-45-78-70)53-19-21-84(39-53)41-65(86-27-23-82(24-28-86)37-47-7-8-47)69(88)66(87-29-25-83(26-30-87)38-48-9-10-48)42-85-22-20-54(40-85)52-12-16-64-60(34-52)71(79-46-77-64)81-58-14-18-68(62(73)36-58)90-44-50-4-2-6-56(75)32-50/h1-6,11-22,31-36,39-40,45-48,65-66H,7-10,23-30,37-38,41-44H2,(H,76,78,80)(H,77,79,81). The third kappa shape index (κ3) is 14.3. The maximum Gasteiger partial charge on any atom is 0.170 e. The lowest BCUT2D eigenvalue weighted by Crippen LogP contribution is -2.60. The first-order valence-corrected chi connectivity index (χ1v) is 31.9. The van der Waals surface area contributed by atoms with Crippen LogP contribution in [0.2, 0.25) is 10.0 Å². The fraction of sp³-hybridized carbons (Fsp3) is 0.310. The fourth-order valence-electron chi connectivity index (χ4n) is 12.6. The maximum atomic E-state index is 16.1. The highest BCUT2D eigenvalue weighted by Gasteiger charge is 2.39. The van der Waals surface area contributed by atoms with E-state index in [9.17, 15) is 8.78 Å². The summed E-state index contributed by atoms with van der Waals surface area (Å²) >= 11 is 13.5. The Morgan fingerprint density at radius 1 is 0.511 bits per heavy atom. The number of aromatic nitrogens is 6. The number of carbonyl (C=O) groups is 1. The lowest BCUT2D eigenvalue weighted by Gasteiger charge is -2.43. The van der Waals surface area contributed by atoms with Gasteiger partial charge in [-0.3, -0.25) is 14.6 Å². The lowest BCUT2D eigenvalue weighted by atomic mass is 9.99. The van der Waals surface area contributed by atoms with Crippen LogP contribution in [0.25, 0.3) is 44.1 Å². The summed E-state index contributed by atoms with van der Waals surface area (Å²) < 4.78 is 44.0. The summed E-state index contributed by atoms with van der Waals surface area (Å²) in [6, 6.07) is 39.5. The largest absolute Gasteiger partial charge is 0.487 e. The van der Waals surface area contributed by atoms with Crippen LogP contribution >= 0.6 is 23.2 Å². The molecule has 2 N–H and O–H groups in total. The first kappa shape index (κ1) is 59.3. The van der Waals surface area contributed by atoms with Crippen molar-refractivity contribution in [2.24, 2.45) is 11.8 Å². The molecule has 4 aromatic heterocycles. The highest BCUT2D eigenvalue weighted by atomic mass is 35.5. The summed E-state index contributed by atoms with van der Waals surface area (Å²) in [5, 5.41) is 9.39. The van der Waals surface area contributed by atoms with E-state index in [0.717, 1.165) is 133 Å². The third-order valence-corrected chi connectivity index (χ3v) is 18.5. The van der Waals surface area contributed by atoms with Crippen LogP contribution in [0, 0.1) is 23.5 Å². The van der Waals surface area contributed by atoms with Crippen LogP contribution in [0.3, 0.4) is 0 Å². The van der Waals surface area contributed by atoms with E-state index < -0.39 is 0 Å². The number of anilines is 4. The molecule has 15 nitrogen and oxygen atoms in total. The van der Waals surface area contributed by atoms with Crippen LogP contribution in [-0.4, -0.2) is 132 Å². The van der Waals surface area contributed by atoms with E-state index in [-0.39, 0.29) is 42.7 Å². The van der Waals surface area contributed by atoms with Gasteiger partial charge in [-0.25, -0.2) is 28.7 Å². The number of benzene rings is 6. The molecule has 0 spiro atoms. The van der Waals surface area contributed by atoms with Crippen molar-refractivity contribution in [2.75, 3.05) is 76.1 Å². The van der Waals surface area contributed by atoms with Crippen LogP contribution < -0.4 is 20.1 Å². The number of fused-ring (bicyclic) bond motifs is 2. The van der Waals surface area contributed by atoms with Gasteiger partial charge in [0.15, 0.2) is 5.78 Å². The minimum absolute atomic E-state index is 0.178. The number of halogens is 4. The van der Waals surface area contributed by atoms with Gasteiger partial charge in [0, 0.05) is 125 Å². The number of piperazine rings is 2. The van der Waals surface area contributed by atoms with Gasteiger partial charge in [-0.1, -0.05) is 59.6 Å². The normalized spacial score (nSPS) is 16.8. The number of rotatable bonds is 24. The number of nitrogens with zero attached hydrogens (tertiary/aromatic N) is 10. The lowest BCUT2D eigenvalue weighted by molar-refractivity contribution is -0.132. The minimum Gasteiger partial charge on any atom is -0.487 e. The molecule has 2 saturated heterocycles. The molecule has 0 radical (unpaired) electrons. The average Bonchev–Trinajstić information content (AvgIpc) is 2.28. The van der Waals surface area contributed by atoms with Crippen molar-refractivity contribution < 1.29 is 23.0 Å². The van der Waals surface area contributed by atoms with Crippen molar-refractivity contribution in [1.82, 2.24) is 48.7 Å². The first-order valence-electron chi connectivity index (χ1n) is 31.2. The minimum atomic E-state index is -0.367. The molecular weight excluding hydrogens is 1180 g/mol. The second-order valence-corrected chi connectivity index (χ2v) is 25.3. The zero-order valence-electron chi connectivity index (χ0n) is 49.9. The van der Waals surface area contributed by atoms with E-state index >= 15 is 4.79 Å². The predicted molar refractivity (Wildman–Crippen MR) is 351 cm³/mol. The third-order valence-electron chi connectivity index (χ3n) is 17.9. The Bertz CT molecular complexity index is 3930. The maximum absolute atomic E-state index is 16.1. The topological polar surface area (TPSA) is 134 Å². The molecule has 4 aliphatic rings. The van der Waals surface area contributed by atoms with Gasteiger partial charge in [-0.2, -0.15) is 0 Å². The Morgan fingerprint density at radius 2 is 0.956 bits per heavy atom. The number of ketones is 1. The fourth-order valence-corrected chi connectivity index (χ4v) is 13.1. The zero-order valence-corrected chi connectivity index (χ0v) is 51.4. The number of nitrogens with one attached hydrogen (secondary N) is 2. The molecule has 14 rings (SSSR count). The highest BCUT2D eigenvalue weighted by Crippen LogP contribution is 2.37. The molecule has 4 fully saturated rings. The van der Waals surface area contributed by atoms with Gasteiger partial charge in [0.05, 0.1) is 33.2 Å². The predicted octanol–water partition coefficient (Wildman–Crippen LogP) is 13.8. The molecule has 460 valence electrons. The summed E-state index contributed by atoms with van der Waals surface area (Å²) in [6.07, 6.45) is 16.9. The van der Waals surface area contributed by atoms with Crippen molar-refractivity contribution in [3.8, 4) is 33.8 Å². The SMILES string of the molecule is O=C(C(Cn1ccc(-c2ccc3ncnc(Nc4ccc(OCc5cccc(F)c5)c(Cl)c4)c3c2)c1)N1CCN(CC2CC2)CC1)C(Cn1ccc(-c2ccc3ncnc(Nc4ccc(OCc5cccc(F)c5)c(Cl)c4)c3c2)c1)N1CCN(CC2CC2)CC1. The highest BCUT2D eigenvalue weighted by molar-refractivity contribution is 6.32. The average molecular weight is 1250 g/mol. The molecule has 19 heteroatoms. The second kappa shape index (κ2) is 26.7. The van der Waals surface area contributed by atoms with Gasteiger partial charge in [0.2, 0.25) is 0 Å². The Labute approximate surface area is 532 Å². The van der Waals surface area contributed by atoms with Crippen LogP contribution in [-0.2, 0) is 31.1 Å². The van der Waals surface area contributed by atoms with E-state index in [1.54, 1.807) is 49.1 Å².